The number of amides is 10. The first-order valence-electron chi connectivity index (χ1n) is 24.9. The molecule has 0 aliphatic heterocycles. The quantitative estimate of drug-likeness (QED) is 0.0317. The molecule has 0 saturated heterocycles. The number of hydrogen-bond donors (Lipinski definition) is 15. The van der Waals surface area contributed by atoms with Crippen LogP contribution in [0.3, 0.4) is 0 Å². The van der Waals surface area contributed by atoms with Crippen LogP contribution in [0.15, 0.2) is 30.3 Å². The molecule has 0 spiro atoms. The van der Waals surface area contributed by atoms with Gasteiger partial charge in [-0.25, -0.2) is 4.79 Å². The molecule has 10 amide bonds. The molecule has 1 rings (SSSR count). The van der Waals surface area contributed by atoms with Gasteiger partial charge in [-0.2, -0.15) is 0 Å². The molecule has 0 heterocycles. The number of aliphatic hydroxyl groups excluding tert-OH is 1. The Morgan fingerprint density at radius 3 is 1.30 bits per heavy atom. The molecule has 77 heavy (non-hydrogen) atoms. The average Bonchev–Trinajstić information content (AvgIpc) is 3.31. The Bertz CT molecular complexity index is 2260. The molecule has 0 radical (unpaired) electrons. The van der Waals surface area contributed by atoms with Gasteiger partial charge in [0, 0.05) is 6.42 Å². The van der Waals surface area contributed by atoms with Crippen molar-refractivity contribution in [3.8, 4) is 0 Å². The molecule has 0 unspecified atom stereocenters. The van der Waals surface area contributed by atoms with Crippen LogP contribution in [-0.4, -0.2) is 164 Å². The van der Waals surface area contributed by atoms with Gasteiger partial charge in [0.05, 0.1) is 25.0 Å². The number of aliphatic carboxylic acids is 3. The van der Waals surface area contributed by atoms with Gasteiger partial charge in [-0.1, -0.05) is 71.9 Å². The molecular formula is C49H77N11O17. The predicted octanol–water partition coefficient (Wildman–Crippen LogP) is -3.61. The minimum Gasteiger partial charge on any atom is -0.481 e. The first-order chi connectivity index (χ1) is 35.7. The number of rotatable bonds is 34. The van der Waals surface area contributed by atoms with Crippen molar-refractivity contribution in [3.05, 3.63) is 35.9 Å². The highest BCUT2D eigenvalue weighted by atomic mass is 16.4. The van der Waals surface area contributed by atoms with Crippen molar-refractivity contribution in [2.24, 2.45) is 29.2 Å². The van der Waals surface area contributed by atoms with E-state index in [4.69, 9.17) is 11.5 Å². The summed E-state index contributed by atoms with van der Waals surface area (Å²) in [6, 6.07) is -6.56. The Kier molecular flexibility index (Phi) is 28.5. The zero-order valence-electron chi connectivity index (χ0n) is 44.7. The second-order valence-corrected chi connectivity index (χ2v) is 19.8. The fraction of sp³-hybridized carbons (Fsp3) is 0.612. The van der Waals surface area contributed by atoms with E-state index in [0.717, 1.165) is 19.4 Å². The lowest BCUT2D eigenvalue weighted by Crippen LogP contribution is -2.61. The minimum absolute atomic E-state index is 0.128. The zero-order chi connectivity index (χ0) is 59.0. The fourth-order valence-corrected chi connectivity index (χ4v) is 7.29. The number of nitrogens with two attached hydrogens (primary N) is 2. The number of aliphatic hydroxyl groups is 1. The van der Waals surface area contributed by atoms with Gasteiger partial charge in [0.15, 0.2) is 0 Å². The number of primary amides is 1. The Morgan fingerprint density at radius 2 is 0.870 bits per heavy atom. The average molecular weight is 1090 g/mol. The SMILES string of the molecule is CC(C)C[C@H](NC(=O)[C@H](C)NC(=O)[C@H](CC(=O)O)NC(=O)[C@H](CCC(=O)O)NC(=O)[C@H](C)NC(=O)[C@H](CC(C)C)NC(=O)[C@@H](N)Cc1ccccc1)C(=O)N[C@@H](CC(N)=O)C(=O)N[C@H](C(=O)N[C@H](C(=O)O)C(C)C)[C@@H](C)O. The summed E-state index contributed by atoms with van der Waals surface area (Å²) in [7, 11) is 0. The molecule has 430 valence electrons. The van der Waals surface area contributed by atoms with Crippen molar-refractivity contribution in [2.45, 2.75) is 174 Å². The maximum absolute atomic E-state index is 13.7. The van der Waals surface area contributed by atoms with Crippen LogP contribution in [0.1, 0.15) is 106 Å². The van der Waals surface area contributed by atoms with E-state index in [9.17, 15) is 82.8 Å². The van der Waals surface area contributed by atoms with Crippen molar-refractivity contribution in [3.63, 3.8) is 0 Å². The molecule has 0 bridgehead atoms. The molecule has 0 aromatic heterocycles. The lowest BCUT2D eigenvalue weighted by molar-refractivity contribution is -0.144. The van der Waals surface area contributed by atoms with Crippen LogP contribution in [0.4, 0.5) is 0 Å². The van der Waals surface area contributed by atoms with Crippen molar-refractivity contribution >= 4 is 77.0 Å². The van der Waals surface area contributed by atoms with Gasteiger partial charge in [-0.05, 0) is 69.8 Å². The standard InChI is InChI=1S/C49H77N11O17/c1-22(2)17-31(56-42(69)29(50)19-28-13-11-10-12-14-28)44(71)52-25(7)40(67)54-30(15-16-36(63)64)43(70)58-34(21-37(65)66)45(72)53-26(8)41(68)55-32(18-23(3)4)46(73)57-33(20-35(51)62)47(74)60-39(27(9)61)48(75)59-38(24(5)6)49(76)77/h10-14,22-27,29-34,38-39,61H,15-21,50H2,1-9H3,(H2,51,62)(H,52,71)(H,53,72)(H,54,67)(H,55,68)(H,56,69)(H,57,73)(H,58,70)(H,59,75)(H,60,74)(H,63,64)(H,65,66)(H,76,77)/t25-,26-,27+,29-,30-,31-,32-,33-,34-,38-,39-/m0/s1. The summed E-state index contributed by atoms with van der Waals surface area (Å²) in [6.07, 6.45) is -4.74. The molecule has 17 N–H and O–H groups in total. The molecular weight excluding hydrogens is 1010 g/mol. The largest absolute Gasteiger partial charge is 0.481 e. The van der Waals surface area contributed by atoms with E-state index in [1.54, 1.807) is 58.0 Å². The Balaban J connectivity index is 3.25. The van der Waals surface area contributed by atoms with E-state index in [2.05, 4.69) is 47.9 Å². The molecule has 0 aliphatic rings. The zero-order valence-corrected chi connectivity index (χ0v) is 44.7. The third-order valence-electron chi connectivity index (χ3n) is 11.4. The summed E-state index contributed by atoms with van der Waals surface area (Å²) in [5, 5.41) is 59.7. The van der Waals surface area contributed by atoms with Crippen LogP contribution in [0.25, 0.3) is 0 Å². The van der Waals surface area contributed by atoms with E-state index >= 15 is 0 Å². The summed E-state index contributed by atoms with van der Waals surface area (Å²) in [4.78, 5) is 168. The molecule has 1 aromatic rings. The fourth-order valence-electron chi connectivity index (χ4n) is 7.29. The second kappa shape index (κ2) is 32.6. The second-order valence-electron chi connectivity index (χ2n) is 19.8. The van der Waals surface area contributed by atoms with Gasteiger partial charge in [-0.3, -0.25) is 57.5 Å². The number of carbonyl (C=O) groups is 13. The third kappa shape index (κ3) is 25.1. The topological polar surface area (TPSA) is 463 Å². The van der Waals surface area contributed by atoms with Gasteiger partial charge in [0.1, 0.15) is 54.4 Å². The van der Waals surface area contributed by atoms with Gasteiger partial charge in [0.25, 0.3) is 0 Å². The highest BCUT2D eigenvalue weighted by Gasteiger charge is 2.37. The molecule has 28 nitrogen and oxygen atoms in total. The number of hydrogen-bond acceptors (Lipinski definition) is 15. The van der Waals surface area contributed by atoms with E-state index in [-0.39, 0.29) is 31.1 Å². The van der Waals surface area contributed by atoms with Crippen molar-refractivity contribution in [1.82, 2.24) is 47.9 Å². The first-order valence-corrected chi connectivity index (χ1v) is 24.9. The maximum Gasteiger partial charge on any atom is 0.326 e. The highest BCUT2D eigenvalue weighted by molar-refractivity contribution is 6.00. The highest BCUT2D eigenvalue weighted by Crippen LogP contribution is 2.11. The molecule has 11 atom stereocenters. The molecule has 28 heteroatoms. The summed E-state index contributed by atoms with van der Waals surface area (Å²) >= 11 is 0. The maximum atomic E-state index is 13.7. The van der Waals surface area contributed by atoms with Crippen molar-refractivity contribution in [2.75, 3.05) is 0 Å². The van der Waals surface area contributed by atoms with E-state index < -0.39 is 175 Å². The van der Waals surface area contributed by atoms with Gasteiger partial charge >= 0.3 is 17.9 Å². The third-order valence-corrected chi connectivity index (χ3v) is 11.4. The summed E-state index contributed by atoms with van der Waals surface area (Å²) in [5.41, 5.74) is 12.2. The van der Waals surface area contributed by atoms with E-state index in [1.807, 2.05) is 0 Å². The van der Waals surface area contributed by atoms with Crippen molar-refractivity contribution in [1.29, 1.82) is 0 Å². The van der Waals surface area contributed by atoms with Gasteiger partial charge < -0.3 is 79.7 Å². The van der Waals surface area contributed by atoms with Crippen LogP contribution >= 0.6 is 0 Å². The number of carboxylic acid groups (broad SMARTS) is 3. The van der Waals surface area contributed by atoms with E-state index in [0.29, 0.717) is 0 Å². The Labute approximate surface area is 445 Å². The van der Waals surface area contributed by atoms with Crippen LogP contribution < -0.4 is 59.3 Å². The van der Waals surface area contributed by atoms with Crippen molar-refractivity contribution < 1.29 is 82.8 Å². The summed E-state index contributed by atoms with van der Waals surface area (Å²) in [5.74, 6) is -16.1. The summed E-state index contributed by atoms with van der Waals surface area (Å²) in [6.45, 7) is 13.3. The lowest BCUT2D eigenvalue weighted by Gasteiger charge is -2.28. The smallest absolute Gasteiger partial charge is 0.326 e. The molecule has 0 fully saturated rings. The predicted molar refractivity (Wildman–Crippen MR) is 273 cm³/mol. The number of carboxylic acids is 3. The molecule has 1 aromatic carbocycles. The number of benzene rings is 1. The molecule has 0 aliphatic carbocycles. The molecule has 0 saturated carbocycles. The Hall–Kier alpha value is -7.75. The van der Waals surface area contributed by atoms with E-state index in [1.165, 1.54) is 20.8 Å². The lowest BCUT2D eigenvalue weighted by atomic mass is 10.0. The monoisotopic (exact) mass is 1090 g/mol. The van der Waals surface area contributed by atoms with Gasteiger partial charge in [0.2, 0.25) is 59.1 Å². The van der Waals surface area contributed by atoms with Gasteiger partial charge in [-0.15, -0.1) is 0 Å². The summed E-state index contributed by atoms with van der Waals surface area (Å²) < 4.78 is 0. The normalized spacial score (nSPS) is 15.5. The van der Waals surface area contributed by atoms with Crippen LogP contribution in [0.2, 0.25) is 0 Å². The Morgan fingerprint density at radius 1 is 0.468 bits per heavy atom. The minimum atomic E-state index is -1.97. The number of carbonyl (C=O) groups excluding carboxylic acids is 10. The van der Waals surface area contributed by atoms with Crippen LogP contribution in [0, 0.1) is 17.8 Å². The van der Waals surface area contributed by atoms with Crippen LogP contribution in [-0.2, 0) is 68.7 Å². The van der Waals surface area contributed by atoms with Crippen LogP contribution in [0.5, 0.6) is 0 Å². The number of nitrogens with one attached hydrogen (secondary N) is 9. The first kappa shape index (κ1) is 67.3.